The van der Waals surface area contributed by atoms with Gasteiger partial charge < -0.3 is 9.53 Å². The van der Waals surface area contributed by atoms with E-state index >= 15 is 0 Å². The summed E-state index contributed by atoms with van der Waals surface area (Å²) in [5.41, 5.74) is 0.354. The number of halogens is 1. The van der Waals surface area contributed by atoms with E-state index in [1.165, 1.54) is 6.92 Å². The largest absolute Gasteiger partial charge is 0.462 e. The van der Waals surface area contributed by atoms with Crippen LogP contribution in [0.5, 0.6) is 0 Å². The van der Waals surface area contributed by atoms with Crippen LogP contribution in [-0.4, -0.2) is 18.4 Å². The van der Waals surface area contributed by atoms with Crippen LogP contribution < -0.4 is 0 Å². The maximum absolute atomic E-state index is 11.5. The van der Waals surface area contributed by atoms with E-state index in [2.05, 4.69) is 0 Å². The number of esters is 1. The highest BCUT2D eigenvalue weighted by Crippen LogP contribution is 2.15. The first kappa shape index (κ1) is 12.7. The molecule has 0 heterocycles. The molecule has 0 saturated carbocycles. The number of rotatable bonds is 5. The molecule has 0 amide bonds. The minimum Gasteiger partial charge on any atom is -0.462 e. The van der Waals surface area contributed by atoms with Gasteiger partial charge >= 0.3 is 5.97 Å². The highest BCUT2D eigenvalue weighted by atomic mass is 35.5. The number of hydrogen-bond donors (Lipinski definition) is 0. The summed E-state index contributed by atoms with van der Waals surface area (Å²) in [6, 6.07) is 6.70. The summed E-state index contributed by atoms with van der Waals surface area (Å²) in [4.78, 5) is 22.2. The van der Waals surface area contributed by atoms with Gasteiger partial charge in [-0.1, -0.05) is 23.7 Å². The minimum atomic E-state index is -0.450. The van der Waals surface area contributed by atoms with Crippen molar-refractivity contribution in [2.75, 3.05) is 6.61 Å². The van der Waals surface area contributed by atoms with Crippen LogP contribution in [0.4, 0.5) is 0 Å². The van der Waals surface area contributed by atoms with Gasteiger partial charge in [0.1, 0.15) is 5.78 Å². The fourth-order valence-electron chi connectivity index (χ4n) is 1.19. The quantitative estimate of drug-likeness (QED) is 0.587. The highest BCUT2D eigenvalue weighted by molar-refractivity contribution is 6.33. The Labute approximate surface area is 99.4 Å². The lowest BCUT2D eigenvalue weighted by Gasteiger charge is -2.05. The second-order valence-corrected chi connectivity index (χ2v) is 3.83. The molecule has 0 spiro atoms. The Morgan fingerprint density at radius 1 is 1.31 bits per heavy atom. The van der Waals surface area contributed by atoms with E-state index in [1.807, 2.05) is 0 Å². The van der Waals surface area contributed by atoms with Crippen molar-refractivity contribution in [3.8, 4) is 0 Å². The van der Waals surface area contributed by atoms with Crippen LogP contribution in [0.2, 0.25) is 5.02 Å². The third-order valence-corrected chi connectivity index (χ3v) is 2.33. The molecule has 1 aromatic rings. The van der Waals surface area contributed by atoms with E-state index in [9.17, 15) is 9.59 Å². The van der Waals surface area contributed by atoms with Gasteiger partial charge in [-0.05, 0) is 25.5 Å². The molecule has 4 heteroatoms. The summed E-state index contributed by atoms with van der Waals surface area (Å²) in [5.74, 6) is -0.358. The second-order valence-electron chi connectivity index (χ2n) is 3.42. The number of hydrogen-bond acceptors (Lipinski definition) is 3. The topological polar surface area (TPSA) is 43.4 Å². The zero-order valence-corrected chi connectivity index (χ0v) is 9.79. The number of carbonyl (C=O) groups is 2. The predicted octanol–water partition coefficient (Wildman–Crippen LogP) is 2.87. The average molecular weight is 241 g/mol. The first-order valence-electron chi connectivity index (χ1n) is 5.02. The zero-order valence-electron chi connectivity index (χ0n) is 9.03. The van der Waals surface area contributed by atoms with Crippen molar-refractivity contribution in [2.45, 2.75) is 19.8 Å². The molecule has 0 atom stereocenters. The van der Waals surface area contributed by atoms with E-state index in [1.54, 1.807) is 24.3 Å². The van der Waals surface area contributed by atoms with Gasteiger partial charge in [-0.3, -0.25) is 0 Å². The molecule has 0 aliphatic rings. The van der Waals surface area contributed by atoms with Crippen molar-refractivity contribution in [3.63, 3.8) is 0 Å². The Bertz CT molecular complexity index is 388. The van der Waals surface area contributed by atoms with Crippen molar-refractivity contribution in [3.05, 3.63) is 34.9 Å². The third-order valence-electron chi connectivity index (χ3n) is 2.00. The van der Waals surface area contributed by atoms with E-state index < -0.39 is 5.97 Å². The predicted molar refractivity (Wildman–Crippen MR) is 61.6 cm³/mol. The number of carbonyl (C=O) groups excluding carboxylic acids is 2. The second kappa shape index (κ2) is 6.28. The molecule has 0 unspecified atom stereocenters. The van der Waals surface area contributed by atoms with Crippen LogP contribution in [-0.2, 0) is 9.53 Å². The maximum atomic E-state index is 11.5. The van der Waals surface area contributed by atoms with Gasteiger partial charge in [0.05, 0.1) is 17.2 Å². The van der Waals surface area contributed by atoms with Crippen molar-refractivity contribution < 1.29 is 14.3 Å². The Morgan fingerprint density at radius 2 is 2.00 bits per heavy atom. The Hall–Kier alpha value is -1.35. The highest BCUT2D eigenvalue weighted by Gasteiger charge is 2.10. The van der Waals surface area contributed by atoms with Crippen molar-refractivity contribution in [2.24, 2.45) is 0 Å². The van der Waals surface area contributed by atoms with Crippen LogP contribution >= 0.6 is 11.6 Å². The lowest BCUT2D eigenvalue weighted by Crippen LogP contribution is -2.07. The summed E-state index contributed by atoms with van der Waals surface area (Å²) in [6.45, 7) is 1.75. The molecular weight excluding hydrogens is 228 g/mol. The van der Waals surface area contributed by atoms with Crippen LogP contribution in [0, 0.1) is 0 Å². The normalized spacial score (nSPS) is 9.88. The van der Waals surface area contributed by atoms with Crippen molar-refractivity contribution in [1.82, 2.24) is 0 Å². The molecule has 0 N–H and O–H groups in total. The molecule has 0 aromatic heterocycles. The first-order chi connectivity index (χ1) is 7.61. The number of ether oxygens (including phenoxy) is 1. The molecule has 86 valence electrons. The SMILES string of the molecule is CC(=O)CCCOC(=O)c1ccccc1Cl. The Balaban J connectivity index is 2.41. The van der Waals surface area contributed by atoms with Gasteiger partial charge in [0.25, 0.3) is 0 Å². The first-order valence-corrected chi connectivity index (χ1v) is 5.40. The Kier molecular flexibility index (Phi) is 4.99. The van der Waals surface area contributed by atoms with Crippen LogP contribution in [0.25, 0.3) is 0 Å². The zero-order chi connectivity index (χ0) is 12.0. The minimum absolute atomic E-state index is 0.0915. The summed E-state index contributed by atoms with van der Waals surface area (Å²) < 4.78 is 4.98. The number of ketones is 1. The molecule has 0 radical (unpaired) electrons. The van der Waals surface area contributed by atoms with Gasteiger partial charge in [-0.2, -0.15) is 0 Å². The molecule has 0 fully saturated rings. The summed E-state index contributed by atoms with van der Waals surface area (Å²) in [5, 5.41) is 0.374. The van der Waals surface area contributed by atoms with Crippen LogP contribution in [0.15, 0.2) is 24.3 Å². The average Bonchev–Trinajstić information content (AvgIpc) is 2.24. The maximum Gasteiger partial charge on any atom is 0.339 e. The molecule has 16 heavy (non-hydrogen) atoms. The molecule has 0 bridgehead atoms. The molecule has 0 aliphatic carbocycles. The summed E-state index contributed by atoms with van der Waals surface area (Å²) >= 11 is 5.83. The van der Waals surface area contributed by atoms with Crippen LogP contribution in [0.3, 0.4) is 0 Å². The molecule has 1 aromatic carbocycles. The van der Waals surface area contributed by atoms with Gasteiger partial charge in [-0.15, -0.1) is 0 Å². The lowest BCUT2D eigenvalue weighted by molar-refractivity contribution is -0.117. The van der Waals surface area contributed by atoms with Crippen molar-refractivity contribution in [1.29, 1.82) is 0 Å². The lowest BCUT2D eigenvalue weighted by atomic mass is 10.2. The van der Waals surface area contributed by atoms with Gasteiger partial charge in [0.2, 0.25) is 0 Å². The Morgan fingerprint density at radius 3 is 2.62 bits per heavy atom. The molecule has 0 aliphatic heterocycles. The standard InChI is InChI=1S/C12H13ClO3/c1-9(14)5-4-8-16-12(15)10-6-2-3-7-11(10)13/h2-3,6-7H,4-5,8H2,1H3. The number of benzene rings is 1. The monoisotopic (exact) mass is 240 g/mol. The molecular formula is C12H13ClO3. The van der Waals surface area contributed by atoms with Crippen molar-refractivity contribution >= 4 is 23.4 Å². The summed E-state index contributed by atoms with van der Waals surface area (Å²) in [7, 11) is 0. The molecule has 0 saturated heterocycles. The van der Waals surface area contributed by atoms with E-state index in [0.717, 1.165) is 0 Å². The molecule has 3 nitrogen and oxygen atoms in total. The third kappa shape index (κ3) is 4.03. The number of Topliss-reactive ketones (excluding diaryl/α,β-unsaturated/α-hetero) is 1. The van der Waals surface area contributed by atoms with Gasteiger partial charge in [0.15, 0.2) is 0 Å². The van der Waals surface area contributed by atoms with E-state index in [4.69, 9.17) is 16.3 Å². The van der Waals surface area contributed by atoms with E-state index in [0.29, 0.717) is 23.4 Å². The molecule has 1 rings (SSSR count). The smallest absolute Gasteiger partial charge is 0.339 e. The van der Waals surface area contributed by atoms with Gasteiger partial charge in [0, 0.05) is 6.42 Å². The summed E-state index contributed by atoms with van der Waals surface area (Å²) in [6.07, 6.45) is 0.974. The van der Waals surface area contributed by atoms with E-state index in [-0.39, 0.29) is 12.4 Å². The van der Waals surface area contributed by atoms with Crippen LogP contribution in [0.1, 0.15) is 30.1 Å². The fourth-order valence-corrected chi connectivity index (χ4v) is 1.40. The van der Waals surface area contributed by atoms with Gasteiger partial charge in [-0.25, -0.2) is 4.79 Å². The fraction of sp³-hybridized carbons (Fsp3) is 0.333.